The zero-order valence-corrected chi connectivity index (χ0v) is 14.3. The summed E-state index contributed by atoms with van der Waals surface area (Å²) in [5.41, 5.74) is -0.699. The molecule has 1 heterocycles. The van der Waals surface area contributed by atoms with Gasteiger partial charge >= 0.3 is 12.6 Å². The Kier molecular flexibility index (Phi) is 4.93. The maximum absolute atomic E-state index is 12.8. The van der Waals surface area contributed by atoms with E-state index in [0.29, 0.717) is 6.42 Å². The van der Waals surface area contributed by atoms with Gasteiger partial charge in [0.2, 0.25) is 0 Å². The Morgan fingerprint density at radius 3 is 2.62 bits per heavy atom. The lowest BCUT2D eigenvalue weighted by Gasteiger charge is -2.36. The van der Waals surface area contributed by atoms with Crippen molar-refractivity contribution in [3.63, 3.8) is 0 Å². The first kappa shape index (κ1) is 18.3. The van der Waals surface area contributed by atoms with Crippen molar-refractivity contribution in [2.75, 3.05) is 6.54 Å². The molecule has 1 aliphatic carbocycles. The molecule has 1 saturated heterocycles. The fraction of sp³-hybridized carbons (Fsp3) is 0.500. The lowest BCUT2D eigenvalue weighted by atomic mass is 9.73. The summed E-state index contributed by atoms with van der Waals surface area (Å²) in [6.07, 6.45) is 3.28. The second-order valence-corrected chi connectivity index (χ2v) is 6.77. The van der Waals surface area contributed by atoms with Crippen LogP contribution in [0, 0.1) is 5.92 Å². The van der Waals surface area contributed by atoms with Gasteiger partial charge in [-0.1, -0.05) is 19.8 Å². The molecule has 6 nitrogen and oxygen atoms in total. The van der Waals surface area contributed by atoms with Crippen LogP contribution in [0.4, 0.5) is 13.6 Å². The second-order valence-electron chi connectivity index (χ2n) is 6.77. The number of rotatable bonds is 5. The summed E-state index contributed by atoms with van der Waals surface area (Å²) >= 11 is 0. The predicted molar refractivity (Wildman–Crippen MR) is 88.0 cm³/mol. The first-order chi connectivity index (χ1) is 12.3. The van der Waals surface area contributed by atoms with E-state index in [1.54, 1.807) is 0 Å². The van der Waals surface area contributed by atoms with Crippen LogP contribution < -0.4 is 10.1 Å². The van der Waals surface area contributed by atoms with Crippen LogP contribution in [0.25, 0.3) is 0 Å². The highest BCUT2D eigenvalue weighted by molar-refractivity contribution is 6.11. The molecule has 1 aromatic carbocycles. The molecular weight excluding hydrogens is 346 g/mol. The van der Waals surface area contributed by atoms with Gasteiger partial charge in [0, 0.05) is 5.56 Å². The molecule has 8 heteroatoms. The van der Waals surface area contributed by atoms with Crippen molar-refractivity contribution in [3.8, 4) is 5.75 Å². The van der Waals surface area contributed by atoms with Gasteiger partial charge in [-0.15, -0.1) is 0 Å². The number of imide groups is 1. The summed E-state index contributed by atoms with van der Waals surface area (Å²) in [5.74, 6) is -0.863. The number of alkyl halides is 2. The van der Waals surface area contributed by atoms with Gasteiger partial charge in [-0.25, -0.2) is 4.79 Å². The maximum atomic E-state index is 12.8. The van der Waals surface area contributed by atoms with Crippen LogP contribution in [0.5, 0.6) is 5.75 Å². The van der Waals surface area contributed by atoms with E-state index in [9.17, 15) is 23.2 Å². The van der Waals surface area contributed by atoms with Crippen LogP contribution >= 0.6 is 0 Å². The van der Waals surface area contributed by atoms with E-state index in [2.05, 4.69) is 10.1 Å². The largest absolute Gasteiger partial charge is 0.435 e. The molecule has 2 fully saturated rings. The normalized spacial score (nSPS) is 25.7. The molecule has 1 aliphatic heterocycles. The Bertz CT molecular complexity index is 722. The van der Waals surface area contributed by atoms with Crippen LogP contribution in [0.1, 0.15) is 43.0 Å². The topological polar surface area (TPSA) is 75.7 Å². The summed E-state index contributed by atoms with van der Waals surface area (Å²) in [6, 6.07) is 4.59. The molecule has 1 N–H and O–H groups in total. The number of carbonyl (C=O) groups excluding carboxylic acids is 3. The predicted octanol–water partition coefficient (Wildman–Crippen LogP) is 2.97. The number of nitrogens with one attached hydrogen (secondary N) is 1. The van der Waals surface area contributed by atoms with E-state index in [1.165, 1.54) is 24.3 Å². The summed E-state index contributed by atoms with van der Waals surface area (Å²) in [7, 11) is 0. The molecule has 1 saturated carbocycles. The van der Waals surface area contributed by atoms with Gasteiger partial charge in [0.15, 0.2) is 5.78 Å². The monoisotopic (exact) mass is 366 g/mol. The summed E-state index contributed by atoms with van der Waals surface area (Å²) < 4.78 is 28.6. The van der Waals surface area contributed by atoms with Crippen LogP contribution in [0.3, 0.4) is 0 Å². The van der Waals surface area contributed by atoms with Gasteiger partial charge < -0.3 is 10.1 Å². The second kappa shape index (κ2) is 7.01. The van der Waals surface area contributed by atoms with Crippen molar-refractivity contribution in [1.29, 1.82) is 0 Å². The Balaban J connectivity index is 1.71. The van der Waals surface area contributed by atoms with Crippen molar-refractivity contribution in [2.45, 2.75) is 44.8 Å². The number of hydrogen-bond acceptors (Lipinski definition) is 4. The number of hydrogen-bond donors (Lipinski definition) is 1. The van der Waals surface area contributed by atoms with E-state index in [0.717, 1.165) is 24.2 Å². The third-order valence-electron chi connectivity index (χ3n) is 5.20. The molecule has 3 rings (SSSR count). The van der Waals surface area contributed by atoms with Crippen molar-refractivity contribution in [1.82, 2.24) is 10.2 Å². The van der Waals surface area contributed by atoms with Crippen LogP contribution in [-0.2, 0) is 4.79 Å². The Labute approximate surface area is 149 Å². The van der Waals surface area contributed by atoms with E-state index in [4.69, 9.17) is 0 Å². The quantitative estimate of drug-likeness (QED) is 0.642. The fourth-order valence-corrected chi connectivity index (χ4v) is 3.70. The maximum Gasteiger partial charge on any atom is 0.387 e. The van der Waals surface area contributed by atoms with E-state index < -0.39 is 24.0 Å². The average Bonchev–Trinajstić information content (AvgIpc) is 2.83. The molecule has 0 aromatic heterocycles. The molecule has 1 spiro atoms. The number of amides is 3. The van der Waals surface area contributed by atoms with E-state index in [1.807, 2.05) is 6.92 Å². The highest BCUT2D eigenvalue weighted by atomic mass is 19.3. The number of ketones is 1. The van der Waals surface area contributed by atoms with Crippen LogP contribution in [0.15, 0.2) is 24.3 Å². The highest BCUT2D eigenvalue weighted by Gasteiger charge is 2.55. The highest BCUT2D eigenvalue weighted by Crippen LogP contribution is 2.38. The number of halogens is 2. The number of benzene rings is 1. The van der Waals surface area contributed by atoms with Crippen molar-refractivity contribution in [2.24, 2.45) is 5.92 Å². The summed E-state index contributed by atoms with van der Waals surface area (Å²) in [5, 5.41) is 2.79. The van der Waals surface area contributed by atoms with Crippen molar-refractivity contribution in [3.05, 3.63) is 29.8 Å². The lowest BCUT2D eigenvalue weighted by Crippen LogP contribution is -2.54. The lowest BCUT2D eigenvalue weighted by molar-refractivity contribution is -0.133. The molecule has 2 aliphatic rings. The number of nitrogens with zero attached hydrogens (tertiary/aromatic N) is 1. The van der Waals surface area contributed by atoms with Gasteiger partial charge in [0.1, 0.15) is 11.3 Å². The summed E-state index contributed by atoms with van der Waals surface area (Å²) in [6.45, 7) is -1.39. The summed E-state index contributed by atoms with van der Waals surface area (Å²) in [4.78, 5) is 38.5. The number of carbonyl (C=O) groups is 3. The van der Waals surface area contributed by atoms with Crippen molar-refractivity contribution < 1.29 is 27.9 Å². The minimum absolute atomic E-state index is 0.0126. The Morgan fingerprint density at radius 1 is 1.31 bits per heavy atom. The average molecular weight is 366 g/mol. The molecule has 140 valence electrons. The Hall–Kier alpha value is -2.51. The number of Topliss-reactive ketones (excluding diaryl/α,β-unsaturated/α-hetero) is 1. The molecule has 3 amide bonds. The third-order valence-corrected chi connectivity index (χ3v) is 5.20. The first-order valence-corrected chi connectivity index (χ1v) is 8.55. The van der Waals surface area contributed by atoms with Gasteiger partial charge in [0.05, 0.1) is 6.54 Å². The molecule has 0 radical (unpaired) electrons. The SMILES string of the molecule is CC1CCCCC12NC(=O)N(CC(=O)c1ccc(OC(F)F)cc1)C2=O. The van der Waals surface area contributed by atoms with Gasteiger partial charge in [-0.3, -0.25) is 14.5 Å². The van der Waals surface area contributed by atoms with Gasteiger partial charge in [-0.2, -0.15) is 8.78 Å². The molecule has 2 unspecified atom stereocenters. The van der Waals surface area contributed by atoms with Gasteiger partial charge in [0.25, 0.3) is 5.91 Å². The first-order valence-electron chi connectivity index (χ1n) is 8.55. The zero-order valence-electron chi connectivity index (χ0n) is 14.3. The van der Waals surface area contributed by atoms with Gasteiger partial charge in [-0.05, 0) is 43.0 Å². The van der Waals surface area contributed by atoms with Crippen LogP contribution in [-0.4, -0.2) is 41.3 Å². The van der Waals surface area contributed by atoms with E-state index in [-0.39, 0.29) is 29.7 Å². The third kappa shape index (κ3) is 3.27. The smallest absolute Gasteiger partial charge is 0.387 e. The zero-order chi connectivity index (χ0) is 18.9. The molecule has 26 heavy (non-hydrogen) atoms. The fourth-order valence-electron chi connectivity index (χ4n) is 3.70. The Morgan fingerprint density at radius 2 is 2.00 bits per heavy atom. The molecule has 1 aromatic rings. The number of urea groups is 1. The molecular formula is C18H20F2N2O4. The molecule has 0 bridgehead atoms. The number of ether oxygens (including phenoxy) is 1. The standard InChI is InChI=1S/C18H20F2N2O4/c1-11-4-2-3-9-18(11)15(24)22(17(25)21-18)10-14(23)12-5-7-13(8-6-12)26-16(19)20/h5-8,11,16H,2-4,9-10H2,1H3,(H,21,25). The minimum atomic E-state index is -2.95. The van der Waals surface area contributed by atoms with E-state index >= 15 is 0 Å². The van der Waals surface area contributed by atoms with Crippen molar-refractivity contribution >= 4 is 17.7 Å². The molecule has 2 atom stereocenters. The van der Waals surface area contributed by atoms with Crippen LogP contribution in [0.2, 0.25) is 0 Å². The minimum Gasteiger partial charge on any atom is -0.435 e.